The molecule has 112 valence electrons. The highest BCUT2D eigenvalue weighted by Crippen LogP contribution is 2.20. The van der Waals surface area contributed by atoms with Gasteiger partial charge >= 0.3 is 0 Å². The van der Waals surface area contributed by atoms with Crippen LogP contribution in [-0.2, 0) is 21.3 Å². The second kappa shape index (κ2) is 6.67. The molecule has 0 aromatic heterocycles. The SMILES string of the molecule is Cc1c(CN)cccc1S(=O)(=O)NCC1CCOCC1. The zero-order valence-electron chi connectivity index (χ0n) is 11.8. The number of ether oxygens (including phenoxy) is 1. The molecule has 2 rings (SSSR count). The highest BCUT2D eigenvalue weighted by Gasteiger charge is 2.21. The molecule has 6 heteroatoms. The summed E-state index contributed by atoms with van der Waals surface area (Å²) in [5.74, 6) is 0.358. The van der Waals surface area contributed by atoms with Crippen LogP contribution in [0.15, 0.2) is 23.1 Å². The van der Waals surface area contributed by atoms with E-state index in [0.717, 1.165) is 24.0 Å². The van der Waals surface area contributed by atoms with E-state index < -0.39 is 10.0 Å². The van der Waals surface area contributed by atoms with Crippen LogP contribution in [0, 0.1) is 12.8 Å². The van der Waals surface area contributed by atoms with Gasteiger partial charge < -0.3 is 10.5 Å². The summed E-state index contributed by atoms with van der Waals surface area (Å²) in [4.78, 5) is 0.326. The van der Waals surface area contributed by atoms with Gasteiger partial charge in [0.15, 0.2) is 0 Å². The van der Waals surface area contributed by atoms with Gasteiger partial charge in [0.2, 0.25) is 10.0 Å². The third-order valence-corrected chi connectivity index (χ3v) is 5.38. The summed E-state index contributed by atoms with van der Waals surface area (Å²) in [5.41, 5.74) is 7.22. The number of nitrogens with one attached hydrogen (secondary N) is 1. The van der Waals surface area contributed by atoms with E-state index in [4.69, 9.17) is 10.5 Å². The minimum Gasteiger partial charge on any atom is -0.381 e. The van der Waals surface area contributed by atoms with Gasteiger partial charge in [-0.05, 0) is 42.9 Å². The Kier molecular flexibility index (Phi) is 5.15. The Morgan fingerprint density at radius 1 is 1.35 bits per heavy atom. The molecule has 0 aliphatic carbocycles. The van der Waals surface area contributed by atoms with Crippen LogP contribution < -0.4 is 10.5 Å². The molecule has 0 unspecified atom stereocenters. The predicted molar refractivity (Wildman–Crippen MR) is 77.8 cm³/mol. The first-order valence-corrected chi connectivity index (χ1v) is 8.39. The summed E-state index contributed by atoms with van der Waals surface area (Å²) in [7, 11) is -3.47. The molecule has 1 aromatic rings. The standard InChI is InChI=1S/C14H22N2O3S/c1-11-13(9-15)3-2-4-14(11)20(17,18)16-10-12-5-7-19-8-6-12/h2-4,12,16H,5-10,15H2,1H3. The van der Waals surface area contributed by atoms with Crippen LogP contribution in [0.5, 0.6) is 0 Å². The minimum atomic E-state index is -3.47. The maximum Gasteiger partial charge on any atom is 0.240 e. The molecular weight excluding hydrogens is 276 g/mol. The zero-order chi connectivity index (χ0) is 14.6. The van der Waals surface area contributed by atoms with Crippen molar-refractivity contribution in [1.29, 1.82) is 0 Å². The highest BCUT2D eigenvalue weighted by molar-refractivity contribution is 7.89. The summed E-state index contributed by atoms with van der Waals surface area (Å²) < 4.78 is 32.7. The van der Waals surface area contributed by atoms with Crippen LogP contribution in [0.4, 0.5) is 0 Å². The highest BCUT2D eigenvalue weighted by atomic mass is 32.2. The molecule has 5 nitrogen and oxygen atoms in total. The Morgan fingerprint density at radius 2 is 2.05 bits per heavy atom. The average Bonchev–Trinajstić information content (AvgIpc) is 2.46. The Morgan fingerprint density at radius 3 is 2.70 bits per heavy atom. The van der Waals surface area contributed by atoms with Gasteiger partial charge in [-0.25, -0.2) is 13.1 Å². The van der Waals surface area contributed by atoms with E-state index in [-0.39, 0.29) is 0 Å². The van der Waals surface area contributed by atoms with Crippen molar-refractivity contribution in [2.24, 2.45) is 11.7 Å². The van der Waals surface area contributed by atoms with Crippen molar-refractivity contribution in [3.8, 4) is 0 Å². The Balaban J connectivity index is 2.10. The third-order valence-electron chi connectivity index (χ3n) is 3.81. The molecule has 0 bridgehead atoms. The first-order valence-electron chi connectivity index (χ1n) is 6.90. The Bertz CT molecular complexity index is 552. The van der Waals surface area contributed by atoms with Crippen LogP contribution in [0.25, 0.3) is 0 Å². The lowest BCUT2D eigenvalue weighted by atomic mass is 10.0. The molecule has 1 heterocycles. The zero-order valence-corrected chi connectivity index (χ0v) is 12.6. The van der Waals surface area contributed by atoms with Crippen LogP contribution in [0.1, 0.15) is 24.0 Å². The van der Waals surface area contributed by atoms with Gasteiger partial charge in [0.25, 0.3) is 0 Å². The quantitative estimate of drug-likeness (QED) is 0.854. The summed E-state index contributed by atoms with van der Waals surface area (Å²) in [6.07, 6.45) is 1.81. The Labute approximate surface area is 120 Å². The number of hydrogen-bond acceptors (Lipinski definition) is 4. The second-order valence-corrected chi connectivity index (χ2v) is 6.89. The fraction of sp³-hybridized carbons (Fsp3) is 0.571. The monoisotopic (exact) mass is 298 g/mol. The molecule has 3 N–H and O–H groups in total. The first kappa shape index (κ1) is 15.4. The normalized spacial score (nSPS) is 17.3. The lowest BCUT2D eigenvalue weighted by molar-refractivity contribution is 0.0678. The molecule has 20 heavy (non-hydrogen) atoms. The van der Waals surface area contributed by atoms with Crippen LogP contribution in [0.2, 0.25) is 0 Å². The molecule has 0 spiro atoms. The molecule has 0 amide bonds. The van der Waals surface area contributed by atoms with Crippen molar-refractivity contribution >= 4 is 10.0 Å². The summed E-state index contributed by atoms with van der Waals surface area (Å²) in [5, 5.41) is 0. The van der Waals surface area contributed by atoms with Crippen molar-refractivity contribution in [3.63, 3.8) is 0 Å². The smallest absolute Gasteiger partial charge is 0.240 e. The molecule has 1 aliphatic rings. The molecule has 0 saturated carbocycles. The number of hydrogen-bond donors (Lipinski definition) is 2. The van der Waals surface area contributed by atoms with Gasteiger partial charge in [-0.1, -0.05) is 12.1 Å². The number of nitrogens with two attached hydrogens (primary N) is 1. The summed E-state index contributed by atoms with van der Waals surface area (Å²) in [6, 6.07) is 5.21. The van der Waals surface area contributed by atoms with Crippen molar-refractivity contribution in [3.05, 3.63) is 29.3 Å². The van der Waals surface area contributed by atoms with Gasteiger partial charge in [0.1, 0.15) is 0 Å². The number of sulfonamides is 1. The van der Waals surface area contributed by atoms with Gasteiger partial charge in [-0.15, -0.1) is 0 Å². The largest absolute Gasteiger partial charge is 0.381 e. The second-order valence-electron chi connectivity index (χ2n) is 5.15. The van der Waals surface area contributed by atoms with Gasteiger partial charge in [0.05, 0.1) is 4.90 Å². The average molecular weight is 298 g/mol. The summed E-state index contributed by atoms with van der Waals surface area (Å²) >= 11 is 0. The van der Waals surface area contributed by atoms with E-state index in [9.17, 15) is 8.42 Å². The molecule has 1 saturated heterocycles. The van der Waals surface area contributed by atoms with Crippen LogP contribution >= 0.6 is 0 Å². The summed E-state index contributed by atoms with van der Waals surface area (Å²) in [6.45, 7) is 4.04. The first-order chi connectivity index (χ1) is 9.54. The maximum absolute atomic E-state index is 12.4. The van der Waals surface area contributed by atoms with Crippen LogP contribution in [0.3, 0.4) is 0 Å². The number of benzene rings is 1. The molecular formula is C14H22N2O3S. The predicted octanol–water partition coefficient (Wildman–Crippen LogP) is 1.16. The lowest BCUT2D eigenvalue weighted by Crippen LogP contribution is -2.32. The fourth-order valence-corrected chi connectivity index (χ4v) is 3.83. The number of rotatable bonds is 5. The Hall–Kier alpha value is -0.950. The molecule has 0 atom stereocenters. The van der Waals surface area contributed by atoms with Crippen LogP contribution in [-0.4, -0.2) is 28.2 Å². The van der Waals surface area contributed by atoms with E-state index in [2.05, 4.69) is 4.72 Å². The van der Waals surface area contributed by atoms with Crippen molar-refractivity contribution < 1.29 is 13.2 Å². The fourth-order valence-electron chi connectivity index (χ4n) is 2.43. The third kappa shape index (κ3) is 3.58. The van der Waals surface area contributed by atoms with Gasteiger partial charge in [0, 0.05) is 26.3 Å². The molecule has 1 aliphatic heterocycles. The van der Waals surface area contributed by atoms with E-state index in [1.54, 1.807) is 19.1 Å². The molecule has 1 aromatic carbocycles. The van der Waals surface area contributed by atoms with Crippen molar-refractivity contribution in [2.75, 3.05) is 19.8 Å². The molecule has 1 fully saturated rings. The van der Waals surface area contributed by atoms with E-state index in [1.165, 1.54) is 0 Å². The minimum absolute atomic E-state index is 0.326. The van der Waals surface area contributed by atoms with E-state index in [1.807, 2.05) is 6.07 Å². The van der Waals surface area contributed by atoms with Gasteiger partial charge in [-0.2, -0.15) is 0 Å². The van der Waals surface area contributed by atoms with Gasteiger partial charge in [-0.3, -0.25) is 0 Å². The topological polar surface area (TPSA) is 81.4 Å². The van der Waals surface area contributed by atoms with Crippen molar-refractivity contribution in [1.82, 2.24) is 4.72 Å². The van der Waals surface area contributed by atoms with Crippen molar-refractivity contribution in [2.45, 2.75) is 31.2 Å². The lowest BCUT2D eigenvalue weighted by Gasteiger charge is -2.22. The van der Waals surface area contributed by atoms with E-state index >= 15 is 0 Å². The maximum atomic E-state index is 12.4. The van der Waals surface area contributed by atoms with E-state index in [0.29, 0.717) is 37.1 Å². The molecule has 0 radical (unpaired) electrons.